The van der Waals surface area contributed by atoms with Crippen LogP contribution in [0.1, 0.15) is 63.1 Å². The van der Waals surface area contributed by atoms with Crippen LogP contribution >= 0.6 is 0 Å². The standard InChI is InChI=1S/C19H31N/c1-4-12-20-19(16(5-2)6-3)14-15-10-11-17-8-7-9-18(17)13-15/h10-11,13,16,19-20H,4-9,12,14H2,1-3H3. The fourth-order valence-electron chi connectivity index (χ4n) is 3.60. The molecule has 112 valence electrons. The Balaban J connectivity index is 2.06. The Morgan fingerprint density at radius 2 is 1.80 bits per heavy atom. The highest BCUT2D eigenvalue weighted by atomic mass is 14.9. The van der Waals surface area contributed by atoms with E-state index >= 15 is 0 Å². The topological polar surface area (TPSA) is 12.0 Å². The zero-order chi connectivity index (χ0) is 14.4. The summed E-state index contributed by atoms with van der Waals surface area (Å²) in [5.74, 6) is 0.801. The van der Waals surface area contributed by atoms with Crippen LogP contribution < -0.4 is 5.32 Å². The van der Waals surface area contributed by atoms with Crippen LogP contribution in [0.15, 0.2) is 18.2 Å². The van der Waals surface area contributed by atoms with Gasteiger partial charge in [-0.2, -0.15) is 0 Å². The predicted octanol–water partition coefficient (Wildman–Crippen LogP) is 4.52. The average Bonchev–Trinajstić information content (AvgIpc) is 2.93. The van der Waals surface area contributed by atoms with Gasteiger partial charge in [-0.05, 0) is 61.3 Å². The second kappa shape index (κ2) is 7.83. The molecule has 1 aliphatic carbocycles. The van der Waals surface area contributed by atoms with E-state index in [-0.39, 0.29) is 0 Å². The van der Waals surface area contributed by atoms with Crippen LogP contribution in [0.2, 0.25) is 0 Å². The second-order valence-electron chi connectivity index (χ2n) is 6.30. The SMILES string of the molecule is CCCNC(Cc1ccc2c(c1)CCC2)C(CC)CC. The van der Waals surface area contributed by atoms with Crippen molar-refractivity contribution in [3.63, 3.8) is 0 Å². The maximum Gasteiger partial charge on any atom is 0.0135 e. The van der Waals surface area contributed by atoms with E-state index < -0.39 is 0 Å². The summed E-state index contributed by atoms with van der Waals surface area (Å²) in [7, 11) is 0. The van der Waals surface area contributed by atoms with Crippen molar-refractivity contribution in [1.29, 1.82) is 0 Å². The van der Waals surface area contributed by atoms with E-state index in [2.05, 4.69) is 44.3 Å². The third kappa shape index (κ3) is 3.85. The quantitative estimate of drug-likeness (QED) is 0.734. The molecule has 0 bridgehead atoms. The molecule has 1 aliphatic rings. The third-order valence-electron chi connectivity index (χ3n) is 4.89. The lowest BCUT2D eigenvalue weighted by molar-refractivity contribution is 0.332. The molecular weight excluding hydrogens is 242 g/mol. The molecule has 1 aromatic rings. The summed E-state index contributed by atoms with van der Waals surface area (Å²) in [5.41, 5.74) is 4.74. The molecule has 0 amide bonds. The van der Waals surface area contributed by atoms with Gasteiger partial charge in [-0.25, -0.2) is 0 Å². The molecular formula is C19H31N. The molecule has 0 saturated heterocycles. The van der Waals surface area contributed by atoms with Crippen LogP contribution in [0.5, 0.6) is 0 Å². The van der Waals surface area contributed by atoms with Gasteiger partial charge in [0.25, 0.3) is 0 Å². The Morgan fingerprint density at radius 1 is 1.05 bits per heavy atom. The summed E-state index contributed by atoms with van der Waals surface area (Å²) < 4.78 is 0. The average molecular weight is 273 g/mol. The largest absolute Gasteiger partial charge is 0.313 e. The fourth-order valence-corrected chi connectivity index (χ4v) is 3.60. The molecule has 0 saturated carbocycles. The minimum absolute atomic E-state index is 0.643. The number of benzene rings is 1. The van der Waals surface area contributed by atoms with E-state index in [1.165, 1.54) is 50.5 Å². The first kappa shape index (κ1) is 15.6. The van der Waals surface area contributed by atoms with Crippen molar-refractivity contribution < 1.29 is 0 Å². The molecule has 0 aliphatic heterocycles. The van der Waals surface area contributed by atoms with E-state index in [1.807, 2.05) is 0 Å². The van der Waals surface area contributed by atoms with Gasteiger partial charge in [0.15, 0.2) is 0 Å². The molecule has 1 nitrogen and oxygen atoms in total. The number of aryl methyl sites for hydroxylation is 2. The lowest BCUT2D eigenvalue weighted by Crippen LogP contribution is -2.38. The lowest BCUT2D eigenvalue weighted by atomic mass is 9.88. The van der Waals surface area contributed by atoms with Crippen molar-refractivity contribution in [3.05, 3.63) is 34.9 Å². The van der Waals surface area contributed by atoms with Crippen LogP contribution in [0.25, 0.3) is 0 Å². The molecule has 0 heterocycles. The van der Waals surface area contributed by atoms with E-state index in [0.29, 0.717) is 6.04 Å². The predicted molar refractivity (Wildman–Crippen MR) is 88.3 cm³/mol. The Kier molecular flexibility index (Phi) is 6.09. The van der Waals surface area contributed by atoms with Crippen molar-refractivity contribution >= 4 is 0 Å². The maximum absolute atomic E-state index is 3.79. The molecule has 1 atom stereocenters. The van der Waals surface area contributed by atoms with Gasteiger partial charge in [0.2, 0.25) is 0 Å². The summed E-state index contributed by atoms with van der Waals surface area (Å²) in [5, 5.41) is 3.79. The number of nitrogens with one attached hydrogen (secondary N) is 1. The molecule has 2 rings (SSSR count). The Morgan fingerprint density at radius 3 is 2.50 bits per heavy atom. The summed E-state index contributed by atoms with van der Waals surface area (Å²) in [6, 6.07) is 7.87. The summed E-state index contributed by atoms with van der Waals surface area (Å²) >= 11 is 0. The number of hydrogen-bond donors (Lipinski definition) is 1. The highest BCUT2D eigenvalue weighted by molar-refractivity contribution is 5.35. The first-order valence-electron chi connectivity index (χ1n) is 8.62. The van der Waals surface area contributed by atoms with Gasteiger partial charge in [0, 0.05) is 6.04 Å². The van der Waals surface area contributed by atoms with Gasteiger partial charge in [-0.1, -0.05) is 51.8 Å². The van der Waals surface area contributed by atoms with E-state index in [0.717, 1.165) is 12.5 Å². The van der Waals surface area contributed by atoms with Gasteiger partial charge in [0.1, 0.15) is 0 Å². The van der Waals surface area contributed by atoms with Crippen molar-refractivity contribution in [2.24, 2.45) is 5.92 Å². The van der Waals surface area contributed by atoms with Crippen molar-refractivity contribution in [2.45, 2.75) is 71.8 Å². The van der Waals surface area contributed by atoms with Gasteiger partial charge >= 0.3 is 0 Å². The molecule has 1 heteroatoms. The molecule has 0 radical (unpaired) electrons. The Labute approximate surface area is 125 Å². The van der Waals surface area contributed by atoms with E-state index in [1.54, 1.807) is 11.1 Å². The lowest BCUT2D eigenvalue weighted by Gasteiger charge is -2.27. The number of hydrogen-bond acceptors (Lipinski definition) is 1. The highest BCUT2D eigenvalue weighted by Crippen LogP contribution is 2.25. The molecule has 0 fully saturated rings. The monoisotopic (exact) mass is 273 g/mol. The van der Waals surface area contributed by atoms with Crippen LogP contribution in [-0.2, 0) is 19.3 Å². The molecule has 0 spiro atoms. The van der Waals surface area contributed by atoms with E-state index in [4.69, 9.17) is 0 Å². The van der Waals surface area contributed by atoms with Gasteiger partial charge < -0.3 is 5.32 Å². The summed E-state index contributed by atoms with van der Waals surface area (Å²) in [4.78, 5) is 0. The van der Waals surface area contributed by atoms with Crippen LogP contribution in [0.4, 0.5) is 0 Å². The second-order valence-corrected chi connectivity index (χ2v) is 6.30. The summed E-state index contributed by atoms with van der Waals surface area (Å²) in [6.07, 6.45) is 8.91. The fraction of sp³-hybridized carbons (Fsp3) is 0.684. The van der Waals surface area contributed by atoms with Crippen molar-refractivity contribution in [2.75, 3.05) is 6.54 Å². The minimum Gasteiger partial charge on any atom is -0.313 e. The molecule has 1 unspecified atom stereocenters. The molecule has 0 aromatic heterocycles. The first-order valence-corrected chi connectivity index (χ1v) is 8.62. The van der Waals surface area contributed by atoms with E-state index in [9.17, 15) is 0 Å². The van der Waals surface area contributed by atoms with Gasteiger partial charge in [-0.15, -0.1) is 0 Å². The Bertz CT molecular complexity index is 406. The smallest absolute Gasteiger partial charge is 0.0135 e. The van der Waals surface area contributed by atoms with Crippen molar-refractivity contribution in [1.82, 2.24) is 5.32 Å². The third-order valence-corrected chi connectivity index (χ3v) is 4.89. The van der Waals surface area contributed by atoms with Gasteiger partial charge in [-0.3, -0.25) is 0 Å². The van der Waals surface area contributed by atoms with Crippen LogP contribution in [-0.4, -0.2) is 12.6 Å². The number of rotatable bonds is 8. The summed E-state index contributed by atoms with van der Waals surface area (Å²) in [6.45, 7) is 8.06. The first-order chi connectivity index (χ1) is 9.78. The van der Waals surface area contributed by atoms with Crippen LogP contribution in [0, 0.1) is 5.92 Å². The highest BCUT2D eigenvalue weighted by Gasteiger charge is 2.19. The Hall–Kier alpha value is -0.820. The van der Waals surface area contributed by atoms with Crippen molar-refractivity contribution in [3.8, 4) is 0 Å². The van der Waals surface area contributed by atoms with Gasteiger partial charge in [0.05, 0.1) is 0 Å². The maximum atomic E-state index is 3.79. The van der Waals surface area contributed by atoms with Crippen LogP contribution in [0.3, 0.4) is 0 Å². The minimum atomic E-state index is 0.643. The molecule has 20 heavy (non-hydrogen) atoms. The zero-order valence-corrected chi connectivity index (χ0v) is 13.5. The molecule has 1 N–H and O–H groups in total. The molecule has 1 aromatic carbocycles. The number of fused-ring (bicyclic) bond motifs is 1. The zero-order valence-electron chi connectivity index (χ0n) is 13.5. The normalized spacial score (nSPS) is 15.6.